The number of hydrogen-bond donors (Lipinski definition) is 2. The Morgan fingerprint density at radius 1 is 1.15 bits per heavy atom. The summed E-state index contributed by atoms with van der Waals surface area (Å²) < 4.78 is 13.1. The van der Waals surface area contributed by atoms with E-state index in [1.807, 2.05) is 0 Å². The van der Waals surface area contributed by atoms with Crippen LogP contribution in [0.4, 0.5) is 9.52 Å². The summed E-state index contributed by atoms with van der Waals surface area (Å²) in [6.07, 6.45) is 2.58. The highest BCUT2D eigenvalue weighted by Gasteiger charge is 2.22. The fourth-order valence-electron chi connectivity index (χ4n) is 3.59. The quantitative estimate of drug-likeness (QED) is 0.551. The summed E-state index contributed by atoms with van der Waals surface area (Å²) in [5.74, 6) is -1.28. The Kier molecular flexibility index (Phi) is 8.90. The van der Waals surface area contributed by atoms with Crippen LogP contribution in [-0.4, -0.2) is 71.3 Å². The Hall–Kier alpha value is -2.85. The van der Waals surface area contributed by atoms with Crippen LogP contribution in [0.1, 0.15) is 42.7 Å². The summed E-state index contributed by atoms with van der Waals surface area (Å²) in [4.78, 5) is 45.5. The van der Waals surface area contributed by atoms with E-state index in [9.17, 15) is 18.8 Å². The molecule has 1 fully saturated rings. The van der Waals surface area contributed by atoms with Crippen LogP contribution in [0.15, 0.2) is 29.6 Å². The standard InChI is InChI=1S/C23H30FN5O3S/c1-16(2)29(22(32)17-5-7-18(24)8-6-17)14-21(31)27-23-26-19(15-33-23)13-20(30)25-9-12-28-10-3-4-11-28/h5-8,15-16H,3-4,9-14H2,1-2H3,(H,25,30)(H,26,27,31). The SMILES string of the molecule is CC(C)N(CC(=O)Nc1nc(CC(=O)NCCN2CCCC2)cs1)C(=O)c1ccc(F)cc1. The van der Waals surface area contributed by atoms with Crippen LogP contribution >= 0.6 is 11.3 Å². The third kappa shape index (κ3) is 7.61. The van der Waals surface area contributed by atoms with Gasteiger partial charge in [0.1, 0.15) is 12.4 Å². The number of benzene rings is 1. The van der Waals surface area contributed by atoms with Crippen LogP contribution in [0.3, 0.4) is 0 Å². The largest absolute Gasteiger partial charge is 0.354 e. The van der Waals surface area contributed by atoms with Crippen LogP contribution in [0.5, 0.6) is 0 Å². The molecule has 0 saturated carbocycles. The molecule has 10 heteroatoms. The maximum absolute atomic E-state index is 13.1. The van der Waals surface area contributed by atoms with Crippen LogP contribution in [-0.2, 0) is 16.0 Å². The molecule has 0 atom stereocenters. The minimum Gasteiger partial charge on any atom is -0.354 e. The summed E-state index contributed by atoms with van der Waals surface area (Å²) in [7, 11) is 0. The Bertz CT molecular complexity index is 957. The van der Waals surface area contributed by atoms with Crippen molar-refractivity contribution in [1.29, 1.82) is 0 Å². The van der Waals surface area contributed by atoms with Gasteiger partial charge in [0.15, 0.2) is 5.13 Å². The lowest BCUT2D eigenvalue weighted by atomic mass is 10.1. The first-order chi connectivity index (χ1) is 15.8. The molecule has 3 rings (SSSR count). The van der Waals surface area contributed by atoms with Crippen LogP contribution in [0, 0.1) is 5.82 Å². The van der Waals surface area contributed by atoms with E-state index in [-0.39, 0.29) is 30.8 Å². The minimum absolute atomic E-state index is 0.103. The van der Waals surface area contributed by atoms with Gasteiger partial charge in [-0.2, -0.15) is 0 Å². The first-order valence-electron chi connectivity index (χ1n) is 11.1. The Labute approximate surface area is 197 Å². The maximum atomic E-state index is 13.1. The monoisotopic (exact) mass is 475 g/mol. The lowest BCUT2D eigenvalue weighted by molar-refractivity contribution is -0.120. The highest BCUT2D eigenvalue weighted by molar-refractivity contribution is 7.13. The highest BCUT2D eigenvalue weighted by atomic mass is 32.1. The second-order valence-corrected chi connectivity index (χ2v) is 9.16. The summed E-state index contributed by atoms with van der Waals surface area (Å²) in [5, 5.41) is 7.71. The molecule has 0 aliphatic carbocycles. The van der Waals surface area contributed by atoms with Crippen molar-refractivity contribution in [2.24, 2.45) is 0 Å². The van der Waals surface area contributed by atoms with Crippen molar-refractivity contribution in [2.45, 2.75) is 39.2 Å². The predicted octanol–water partition coefficient (Wildman–Crippen LogP) is 2.53. The molecule has 0 spiro atoms. The Balaban J connectivity index is 1.47. The maximum Gasteiger partial charge on any atom is 0.254 e. The number of amides is 3. The van der Waals surface area contributed by atoms with E-state index >= 15 is 0 Å². The summed E-state index contributed by atoms with van der Waals surface area (Å²) >= 11 is 1.23. The molecular weight excluding hydrogens is 445 g/mol. The molecule has 2 N–H and O–H groups in total. The predicted molar refractivity (Wildman–Crippen MR) is 126 cm³/mol. The van der Waals surface area contributed by atoms with Crippen molar-refractivity contribution in [3.05, 3.63) is 46.7 Å². The van der Waals surface area contributed by atoms with Gasteiger partial charge in [-0.15, -0.1) is 11.3 Å². The molecule has 0 bridgehead atoms. The molecule has 0 radical (unpaired) electrons. The molecule has 1 saturated heterocycles. The van der Waals surface area contributed by atoms with Gasteiger partial charge in [0, 0.05) is 30.1 Å². The second kappa shape index (κ2) is 11.9. The van der Waals surface area contributed by atoms with Gasteiger partial charge in [-0.05, 0) is 64.0 Å². The van der Waals surface area contributed by atoms with Gasteiger partial charge in [0.25, 0.3) is 5.91 Å². The van der Waals surface area contributed by atoms with E-state index < -0.39 is 11.7 Å². The summed E-state index contributed by atoms with van der Waals surface area (Å²) in [6, 6.07) is 4.99. The first-order valence-corrected chi connectivity index (χ1v) is 12.0. The number of nitrogens with zero attached hydrogens (tertiary/aromatic N) is 3. The first kappa shape index (κ1) is 24.8. The number of thiazole rings is 1. The van der Waals surface area contributed by atoms with Gasteiger partial charge in [-0.25, -0.2) is 9.37 Å². The highest BCUT2D eigenvalue weighted by Crippen LogP contribution is 2.17. The van der Waals surface area contributed by atoms with Gasteiger partial charge in [0.2, 0.25) is 11.8 Å². The van der Waals surface area contributed by atoms with E-state index in [1.54, 1.807) is 19.2 Å². The second-order valence-electron chi connectivity index (χ2n) is 8.30. The van der Waals surface area contributed by atoms with E-state index in [4.69, 9.17) is 0 Å². The number of rotatable bonds is 10. The van der Waals surface area contributed by atoms with Crippen LogP contribution in [0.2, 0.25) is 0 Å². The fourth-order valence-corrected chi connectivity index (χ4v) is 4.32. The molecule has 1 aromatic carbocycles. The molecule has 1 aliphatic rings. The normalized spacial score (nSPS) is 13.8. The van der Waals surface area contributed by atoms with E-state index in [0.29, 0.717) is 22.9 Å². The van der Waals surface area contributed by atoms with Gasteiger partial charge in [-0.3, -0.25) is 14.4 Å². The number of carbonyl (C=O) groups excluding carboxylic acids is 3. The molecule has 0 unspecified atom stereocenters. The van der Waals surface area contributed by atoms with E-state index in [0.717, 1.165) is 19.6 Å². The molecule has 2 heterocycles. The summed E-state index contributed by atoms with van der Waals surface area (Å²) in [5.41, 5.74) is 0.891. The van der Waals surface area contributed by atoms with Gasteiger partial charge in [-0.1, -0.05) is 0 Å². The van der Waals surface area contributed by atoms with Crippen molar-refractivity contribution < 1.29 is 18.8 Å². The molecular formula is C23H30FN5O3S. The molecule has 178 valence electrons. The zero-order valence-electron chi connectivity index (χ0n) is 19.0. The van der Waals surface area contributed by atoms with Crippen molar-refractivity contribution >= 4 is 34.2 Å². The van der Waals surface area contributed by atoms with Crippen LogP contribution < -0.4 is 10.6 Å². The zero-order valence-corrected chi connectivity index (χ0v) is 19.8. The molecule has 1 aromatic heterocycles. The fraction of sp³-hybridized carbons (Fsp3) is 0.478. The Morgan fingerprint density at radius 2 is 1.85 bits per heavy atom. The smallest absolute Gasteiger partial charge is 0.254 e. The lowest BCUT2D eigenvalue weighted by Crippen LogP contribution is -2.42. The van der Waals surface area contributed by atoms with Gasteiger partial charge >= 0.3 is 0 Å². The molecule has 2 aromatic rings. The average molecular weight is 476 g/mol. The third-order valence-electron chi connectivity index (χ3n) is 5.38. The molecule has 1 aliphatic heterocycles. The topological polar surface area (TPSA) is 94.6 Å². The Morgan fingerprint density at radius 3 is 2.52 bits per heavy atom. The van der Waals surface area contributed by atoms with Crippen molar-refractivity contribution in [2.75, 3.05) is 38.0 Å². The van der Waals surface area contributed by atoms with Gasteiger partial charge < -0.3 is 20.4 Å². The van der Waals surface area contributed by atoms with Crippen molar-refractivity contribution in [3.8, 4) is 0 Å². The average Bonchev–Trinajstić information content (AvgIpc) is 3.44. The van der Waals surface area contributed by atoms with Crippen molar-refractivity contribution in [3.63, 3.8) is 0 Å². The van der Waals surface area contributed by atoms with Crippen LogP contribution in [0.25, 0.3) is 0 Å². The van der Waals surface area contributed by atoms with Crippen molar-refractivity contribution in [1.82, 2.24) is 20.1 Å². The minimum atomic E-state index is -0.430. The number of likely N-dealkylation sites (tertiary alicyclic amines) is 1. The molecule has 8 nitrogen and oxygen atoms in total. The number of carbonyl (C=O) groups is 3. The molecule has 3 amide bonds. The lowest BCUT2D eigenvalue weighted by Gasteiger charge is -2.26. The summed E-state index contributed by atoms with van der Waals surface area (Å²) in [6.45, 7) is 7.09. The molecule has 33 heavy (non-hydrogen) atoms. The number of hydrogen-bond acceptors (Lipinski definition) is 6. The number of aromatic nitrogens is 1. The number of nitrogens with one attached hydrogen (secondary N) is 2. The van der Waals surface area contributed by atoms with Gasteiger partial charge in [0.05, 0.1) is 12.1 Å². The zero-order chi connectivity index (χ0) is 23.8. The van der Waals surface area contributed by atoms with E-state index in [2.05, 4.69) is 20.5 Å². The van der Waals surface area contributed by atoms with E-state index in [1.165, 1.54) is 53.3 Å². The third-order valence-corrected chi connectivity index (χ3v) is 6.18. The number of halogens is 1. The number of anilines is 1.